The summed E-state index contributed by atoms with van der Waals surface area (Å²) in [6.07, 6.45) is 0.904. The van der Waals surface area contributed by atoms with E-state index in [1.165, 1.54) is 22.8 Å². The van der Waals surface area contributed by atoms with Gasteiger partial charge in [-0.3, -0.25) is 4.79 Å². The van der Waals surface area contributed by atoms with Crippen molar-refractivity contribution >= 4 is 11.6 Å². The molecule has 0 aliphatic rings. The van der Waals surface area contributed by atoms with Crippen LogP contribution in [0.1, 0.15) is 18.1 Å². The number of hydrogen-bond donors (Lipinski definition) is 1. The monoisotopic (exact) mass is 407 g/mol. The van der Waals surface area contributed by atoms with E-state index in [0.717, 1.165) is 18.3 Å². The Morgan fingerprint density at radius 2 is 1.79 bits per heavy atom. The Morgan fingerprint density at radius 3 is 2.48 bits per heavy atom. The lowest BCUT2D eigenvalue weighted by atomic mass is 10.2. The Hall–Kier alpha value is -3.36. The van der Waals surface area contributed by atoms with E-state index in [2.05, 4.69) is 10.3 Å². The predicted molar refractivity (Wildman–Crippen MR) is 99.5 cm³/mol. The first-order valence-electron chi connectivity index (χ1n) is 8.69. The highest BCUT2D eigenvalue weighted by Gasteiger charge is 2.14. The second kappa shape index (κ2) is 8.34. The highest BCUT2D eigenvalue weighted by Crippen LogP contribution is 2.28. The van der Waals surface area contributed by atoms with E-state index in [-0.39, 0.29) is 24.8 Å². The van der Waals surface area contributed by atoms with Gasteiger partial charge in [-0.05, 0) is 43.2 Å². The van der Waals surface area contributed by atoms with Gasteiger partial charge in [-0.25, -0.2) is 13.2 Å². The zero-order chi connectivity index (χ0) is 21.1. The zero-order valence-corrected chi connectivity index (χ0v) is 15.6. The van der Waals surface area contributed by atoms with E-state index in [1.54, 1.807) is 13.8 Å². The highest BCUT2D eigenvalue weighted by atomic mass is 19.2. The number of aromatic nitrogens is 2. The van der Waals surface area contributed by atoms with Gasteiger partial charge in [-0.1, -0.05) is 6.07 Å². The number of nitrogens with one attached hydrogen (secondary N) is 1. The molecule has 9 heteroatoms. The standard InChI is InChI=1S/C20H17F4N3O2/c1-3-29-18-8-17(11(2)6-15(18)23)25-20-26-19(28)16(24)10-27(20)9-12-4-5-13(21)14(22)7-12/h4-8,10H,3,9H2,1-2H3,(H,25,26,28). The summed E-state index contributed by atoms with van der Waals surface area (Å²) in [5.74, 6) is -3.79. The summed E-state index contributed by atoms with van der Waals surface area (Å²) < 4.78 is 60.9. The van der Waals surface area contributed by atoms with Gasteiger partial charge >= 0.3 is 5.56 Å². The summed E-state index contributed by atoms with van der Waals surface area (Å²) in [6, 6.07) is 5.88. The van der Waals surface area contributed by atoms with Crippen molar-refractivity contribution in [1.29, 1.82) is 0 Å². The van der Waals surface area contributed by atoms with E-state index < -0.39 is 28.8 Å². The molecule has 0 fully saturated rings. The molecule has 3 rings (SSSR count). The predicted octanol–water partition coefficient (Wildman–Crippen LogP) is 4.30. The maximum Gasteiger partial charge on any atom is 0.310 e. The van der Waals surface area contributed by atoms with Crippen LogP contribution in [0.3, 0.4) is 0 Å². The summed E-state index contributed by atoms with van der Waals surface area (Å²) in [4.78, 5) is 15.4. The lowest BCUT2D eigenvalue weighted by Crippen LogP contribution is -2.20. The van der Waals surface area contributed by atoms with Gasteiger partial charge in [0.15, 0.2) is 23.2 Å². The number of ether oxygens (including phenoxy) is 1. The van der Waals surface area contributed by atoms with Crippen LogP contribution in [0.15, 0.2) is 41.3 Å². The third-order valence-electron chi connectivity index (χ3n) is 4.12. The molecule has 1 aromatic heterocycles. The summed E-state index contributed by atoms with van der Waals surface area (Å²) >= 11 is 0. The summed E-state index contributed by atoms with van der Waals surface area (Å²) in [7, 11) is 0. The van der Waals surface area contributed by atoms with Crippen molar-refractivity contribution in [2.24, 2.45) is 0 Å². The molecule has 1 N–H and O–H groups in total. The minimum absolute atomic E-state index is 0.00258. The number of nitrogens with zero attached hydrogens (tertiary/aromatic N) is 2. The number of hydrogen-bond acceptors (Lipinski definition) is 4. The van der Waals surface area contributed by atoms with E-state index in [1.807, 2.05) is 0 Å². The van der Waals surface area contributed by atoms with Crippen LogP contribution in [0, 0.1) is 30.2 Å². The van der Waals surface area contributed by atoms with E-state index in [9.17, 15) is 22.4 Å². The molecule has 0 unspecified atom stereocenters. The lowest BCUT2D eigenvalue weighted by molar-refractivity contribution is 0.321. The summed E-state index contributed by atoms with van der Waals surface area (Å²) in [6.45, 7) is 3.48. The van der Waals surface area contributed by atoms with E-state index >= 15 is 0 Å². The topological polar surface area (TPSA) is 56.1 Å². The second-order valence-electron chi connectivity index (χ2n) is 6.25. The van der Waals surface area contributed by atoms with E-state index in [4.69, 9.17) is 4.74 Å². The molecule has 0 aliphatic heterocycles. The van der Waals surface area contributed by atoms with Crippen LogP contribution in [0.2, 0.25) is 0 Å². The summed E-state index contributed by atoms with van der Waals surface area (Å²) in [5.41, 5.74) is 0.0952. The molecule has 0 atom stereocenters. The molecule has 1 heterocycles. The van der Waals surface area contributed by atoms with Crippen molar-refractivity contribution in [1.82, 2.24) is 9.55 Å². The smallest absolute Gasteiger partial charge is 0.310 e. The normalized spacial score (nSPS) is 10.8. The molecular formula is C20H17F4N3O2. The molecular weight excluding hydrogens is 390 g/mol. The van der Waals surface area contributed by atoms with Gasteiger partial charge in [-0.15, -0.1) is 0 Å². The Bertz CT molecular complexity index is 1120. The molecule has 152 valence electrons. The highest BCUT2D eigenvalue weighted by molar-refractivity contribution is 5.61. The molecule has 0 radical (unpaired) electrons. The second-order valence-corrected chi connectivity index (χ2v) is 6.25. The van der Waals surface area contributed by atoms with Crippen molar-refractivity contribution < 1.29 is 22.3 Å². The van der Waals surface area contributed by atoms with Crippen molar-refractivity contribution in [3.63, 3.8) is 0 Å². The molecule has 29 heavy (non-hydrogen) atoms. The fourth-order valence-corrected chi connectivity index (χ4v) is 2.70. The fraction of sp³-hybridized carbons (Fsp3) is 0.200. The fourth-order valence-electron chi connectivity index (χ4n) is 2.70. The van der Waals surface area contributed by atoms with Gasteiger partial charge in [0.25, 0.3) is 0 Å². The number of anilines is 2. The molecule has 2 aromatic carbocycles. The first-order chi connectivity index (χ1) is 13.8. The van der Waals surface area contributed by atoms with Gasteiger partial charge in [0.1, 0.15) is 0 Å². The van der Waals surface area contributed by atoms with E-state index in [0.29, 0.717) is 16.8 Å². The Balaban J connectivity index is 2.01. The van der Waals surface area contributed by atoms with Crippen LogP contribution in [-0.4, -0.2) is 16.2 Å². The van der Waals surface area contributed by atoms with Crippen LogP contribution >= 0.6 is 0 Å². The average Bonchev–Trinajstić information content (AvgIpc) is 2.66. The molecule has 0 spiro atoms. The maximum absolute atomic E-state index is 14.0. The maximum atomic E-state index is 14.0. The van der Waals surface area contributed by atoms with Gasteiger partial charge in [-0.2, -0.15) is 9.37 Å². The minimum Gasteiger partial charge on any atom is -0.491 e. The molecule has 5 nitrogen and oxygen atoms in total. The third-order valence-corrected chi connectivity index (χ3v) is 4.12. The molecule has 0 amide bonds. The SMILES string of the molecule is CCOc1cc(Nc2nc(=O)c(F)cn2Cc2ccc(F)c(F)c2)c(C)cc1F. The van der Waals surface area contributed by atoms with Gasteiger partial charge in [0.05, 0.1) is 13.2 Å². The lowest BCUT2D eigenvalue weighted by Gasteiger charge is -2.16. The van der Waals surface area contributed by atoms with Gasteiger partial charge < -0.3 is 14.6 Å². The Labute approximate surface area is 163 Å². The number of aryl methyl sites for hydroxylation is 1. The Morgan fingerprint density at radius 1 is 1.03 bits per heavy atom. The molecule has 0 saturated heterocycles. The molecule has 3 aromatic rings. The third kappa shape index (κ3) is 4.56. The molecule has 0 aliphatic carbocycles. The van der Waals surface area contributed by atoms with Crippen molar-refractivity contribution in [3.05, 3.63) is 81.3 Å². The van der Waals surface area contributed by atoms with Crippen molar-refractivity contribution in [2.45, 2.75) is 20.4 Å². The molecule has 0 bridgehead atoms. The van der Waals surface area contributed by atoms with Crippen molar-refractivity contribution in [3.8, 4) is 5.75 Å². The minimum atomic E-state index is -1.11. The average molecular weight is 407 g/mol. The van der Waals surface area contributed by atoms with Crippen LogP contribution < -0.4 is 15.6 Å². The first kappa shape index (κ1) is 20.4. The Kier molecular flexibility index (Phi) is 5.86. The van der Waals surface area contributed by atoms with Crippen LogP contribution in [0.25, 0.3) is 0 Å². The summed E-state index contributed by atoms with van der Waals surface area (Å²) in [5, 5.41) is 2.85. The molecule has 0 saturated carbocycles. The number of benzene rings is 2. The number of halogens is 4. The first-order valence-corrected chi connectivity index (χ1v) is 8.69. The van der Waals surface area contributed by atoms with Gasteiger partial charge in [0, 0.05) is 18.0 Å². The van der Waals surface area contributed by atoms with Crippen LogP contribution in [-0.2, 0) is 6.54 Å². The van der Waals surface area contributed by atoms with Crippen LogP contribution in [0.4, 0.5) is 29.2 Å². The van der Waals surface area contributed by atoms with Crippen LogP contribution in [0.5, 0.6) is 5.75 Å². The number of rotatable bonds is 6. The quantitative estimate of drug-likeness (QED) is 0.619. The van der Waals surface area contributed by atoms with Gasteiger partial charge in [0.2, 0.25) is 11.8 Å². The van der Waals surface area contributed by atoms with Crippen molar-refractivity contribution in [2.75, 3.05) is 11.9 Å². The zero-order valence-electron chi connectivity index (χ0n) is 15.6. The largest absolute Gasteiger partial charge is 0.491 e.